The number of carbonyl (C=O) groups excluding carboxylic acids is 2. The Morgan fingerprint density at radius 3 is 2.46 bits per heavy atom. The first-order chi connectivity index (χ1) is 16.2. The fourth-order valence-electron chi connectivity index (χ4n) is 3.10. The molecule has 0 saturated carbocycles. The highest BCUT2D eigenvalue weighted by molar-refractivity contribution is 6.08. The van der Waals surface area contributed by atoms with Gasteiger partial charge >= 0.3 is 6.18 Å². The van der Waals surface area contributed by atoms with Crippen molar-refractivity contribution in [1.82, 2.24) is 19.7 Å². The zero-order valence-electron chi connectivity index (χ0n) is 18.7. The van der Waals surface area contributed by atoms with Crippen LogP contribution >= 0.6 is 0 Å². The molecule has 35 heavy (non-hydrogen) atoms. The van der Waals surface area contributed by atoms with Crippen molar-refractivity contribution in [2.75, 3.05) is 11.9 Å². The highest BCUT2D eigenvalue weighted by atomic mass is 19.4. The Morgan fingerprint density at radius 2 is 1.83 bits per heavy atom. The first-order valence-corrected chi connectivity index (χ1v) is 10.4. The van der Waals surface area contributed by atoms with E-state index in [2.05, 4.69) is 15.3 Å². The summed E-state index contributed by atoms with van der Waals surface area (Å²) in [5.41, 5.74) is -2.36. The fraction of sp³-hybridized carbons (Fsp3) is 0.364. The van der Waals surface area contributed by atoms with Crippen LogP contribution in [0, 0.1) is 0 Å². The lowest BCUT2D eigenvalue weighted by Crippen LogP contribution is -2.29. The predicted molar refractivity (Wildman–Crippen MR) is 115 cm³/mol. The molecule has 0 aliphatic rings. The third kappa shape index (κ3) is 6.94. The number of rotatable bonds is 8. The van der Waals surface area contributed by atoms with Crippen molar-refractivity contribution >= 4 is 23.1 Å². The molecule has 0 radical (unpaired) electrons. The second kappa shape index (κ2) is 9.94. The molecule has 3 rings (SSSR count). The highest BCUT2D eigenvalue weighted by Crippen LogP contribution is 2.28. The molecule has 3 N–H and O–H groups in total. The topological polar surface area (TPSA) is 109 Å². The quantitative estimate of drug-likeness (QED) is 0.410. The van der Waals surface area contributed by atoms with E-state index < -0.39 is 47.9 Å². The largest absolute Gasteiger partial charge is 0.433 e. The second-order valence-corrected chi connectivity index (χ2v) is 8.37. The number of hydrogen-bond acceptors (Lipinski definition) is 5. The van der Waals surface area contributed by atoms with E-state index in [1.54, 1.807) is 20.0 Å². The number of fused-ring (bicyclic) bond motifs is 1. The van der Waals surface area contributed by atoms with Gasteiger partial charge in [-0.25, -0.2) is 18.7 Å². The highest BCUT2D eigenvalue weighted by Gasteiger charge is 2.33. The SMILES string of the molecule is CC(C)(O)CCc1cn2cc(NC(=O)c3cccc(C(F)(F)F)n3)c(C(=O)NCC(F)F)cc2n1. The predicted octanol–water partition coefficient (Wildman–Crippen LogP) is 3.70. The van der Waals surface area contributed by atoms with E-state index >= 15 is 0 Å². The van der Waals surface area contributed by atoms with Crippen LogP contribution in [-0.2, 0) is 12.6 Å². The number of pyridine rings is 2. The molecule has 0 atom stereocenters. The van der Waals surface area contributed by atoms with E-state index in [-0.39, 0.29) is 16.9 Å². The number of alkyl halides is 5. The summed E-state index contributed by atoms with van der Waals surface area (Å²) in [6, 6.07) is 4.02. The number of hydrogen-bond donors (Lipinski definition) is 3. The van der Waals surface area contributed by atoms with Gasteiger partial charge < -0.3 is 20.1 Å². The first-order valence-electron chi connectivity index (χ1n) is 10.4. The van der Waals surface area contributed by atoms with Gasteiger partial charge in [0.2, 0.25) is 0 Å². The van der Waals surface area contributed by atoms with Crippen LogP contribution < -0.4 is 10.6 Å². The van der Waals surface area contributed by atoms with E-state index in [9.17, 15) is 36.6 Å². The number of anilines is 1. The lowest BCUT2D eigenvalue weighted by atomic mass is 10.0. The van der Waals surface area contributed by atoms with Gasteiger partial charge in [0, 0.05) is 12.4 Å². The van der Waals surface area contributed by atoms with Crippen LogP contribution in [0.15, 0.2) is 36.7 Å². The molecule has 2 amide bonds. The van der Waals surface area contributed by atoms with Crippen LogP contribution in [0.25, 0.3) is 5.65 Å². The van der Waals surface area contributed by atoms with Crippen molar-refractivity contribution < 1.29 is 36.6 Å². The number of aliphatic hydroxyl groups is 1. The molecule has 3 aromatic heterocycles. The molecule has 0 aliphatic carbocycles. The number of carbonyl (C=O) groups is 2. The molecule has 0 aromatic carbocycles. The Hall–Kier alpha value is -3.61. The average Bonchev–Trinajstić information content (AvgIpc) is 3.16. The number of imidazole rings is 1. The fourth-order valence-corrected chi connectivity index (χ4v) is 3.10. The maximum absolute atomic E-state index is 13.0. The number of halogens is 5. The van der Waals surface area contributed by atoms with Crippen LogP contribution in [0.2, 0.25) is 0 Å². The molecule has 0 saturated heterocycles. The van der Waals surface area contributed by atoms with Crippen LogP contribution in [0.4, 0.5) is 27.6 Å². The van der Waals surface area contributed by atoms with Crippen molar-refractivity contribution in [3.63, 3.8) is 0 Å². The molecule has 0 aliphatic heterocycles. The average molecular weight is 499 g/mol. The van der Waals surface area contributed by atoms with Crippen molar-refractivity contribution in [2.24, 2.45) is 0 Å². The van der Waals surface area contributed by atoms with Crippen LogP contribution in [0.1, 0.15) is 52.5 Å². The van der Waals surface area contributed by atoms with Crippen molar-refractivity contribution in [3.8, 4) is 0 Å². The number of aryl methyl sites for hydroxylation is 1. The molecule has 0 bridgehead atoms. The summed E-state index contributed by atoms with van der Waals surface area (Å²) in [6.45, 7) is 2.31. The molecule has 0 spiro atoms. The third-order valence-corrected chi connectivity index (χ3v) is 4.82. The number of nitrogens with zero attached hydrogens (tertiary/aromatic N) is 3. The molecule has 3 heterocycles. The molecule has 13 heteroatoms. The zero-order valence-corrected chi connectivity index (χ0v) is 18.7. The molecular formula is C22H22F5N5O3. The van der Waals surface area contributed by atoms with Gasteiger partial charge in [0.15, 0.2) is 0 Å². The van der Waals surface area contributed by atoms with Gasteiger partial charge in [0.1, 0.15) is 17.0 Å². The van der Waals surface area contributed by atoms with E-state index in [1.807, 2.05) is 5.32 Å². The molecule has 3 aromatic rings. The molecule has 0 unspecified atom stereocenters. The summed E-state index contributed by atoms with van der Waals surface area (Å²) in [4.78, 5) is 32.8. The van der Waals surface area contributed by atoms with E-state index in [4.69, 9.17) is 0 Å². The monoisotopic (exact) mass is 499 g/mol. The third-order valence-electron chi connectivity index (χ3n) is 4.82. The Morgan fingerprint density at radius 1 is 1.11 bits per heavy atom. The van der Waals surface area contributed by atoms with Gasteiger partial charge in [0.25, 0.3) is 18.2 Å². The van der Waals surface area contributed by atoms with Crippen LogP contribution in [0.5, 0.6) is 0 Å². The number of nitrogens with one attached hydrogen (secondary N) is 2. The normalized spacial score (nSPS) is 12.3. The van der Waals surface area contributed by atoms with Crippen molar-refractivity contribution in [3.05, 3.63) is 59.3 Å². The van der Waals surface area contributed by atoms with Gasteiger partial charge in [-0.05, 0) is 44.9 Å². The standard InChI is InChI=1S/C22H22F5N5O3/c1-21(2,35)7-6-12-10-32-11-15(13(8-18(32)29-12)19(33)28-9-17(23)24)31-20(34)14-4-3-5-16(30-14)22(25,26)27/h3-5,8,10-11,17,35H,6-7,9H2,1-2H3,(H,28,33)(H,31,34). The van der Waals surface area contributed by atoms with Crippen LogP contribution in [-0.4, -0.2) is 49.9 Å². The minimum Gasteiger partial charge on any atom is -0.390 e. The van der Waals surface area contributed by atoms with Crippen molar-refractivity contribution in [1.29, 1.82) is 0 Å². The zero-order chi connectivity index (χ0) is 26.0. The molecule has 188 valence electrons. The smallest absolute Gasteiger partial charge is 0.390 e. The summed E-state index contributed by atoms with van der Waals surface area (Å²) in [5, 5.41) is 14.3. The van der Waals surface area contributed by atoms with E-state index in [1.165, 1.54) is 16.7 Å². The van der Waals surface area contributed by atoms with Crippen LogP contribution in [0.3, 0.4) is 0 Å². The first kappa shape index (κ1) is 26.0. The Kier molecular flexibility index (Phi) is 7.38. The lowest BCUT2D eigenvalue weighted by molar-refractivity contribution is -0.141. The molecular weight excluding hydrogens is 477 g/mol. The number of amides is 2. The Labute approximate surface area is 196 Å². The van der Waals surface area contributed by atoms with E-state index in [0.29, 0.717) is 24.6 Å². The Balaban J connectivity index is 1.97. The summed E-state index contributed by atoms with van der Waals surface area (Å²) in [6.07, 6.45) is -3.96. The van der Waals surface area contributed by atoms with Gasteiger partial charge in [0.05, 0.1) is 29.1 Å². The minimum atomic E-state index is -4.77. The molecule has 0 fully saturated rings. The summed E-state index contributed by atoms with van der Waals surface area (Å²) < 4.78 is 65.5. The lowest BCUT2D eigenvalue weighted by Gasteiger charge is -2.15. The maximum atomic E-state index is 13.0. The van der Waals surface area contributed by atoms with Gasteiger partial charge in [-0.3, -0.25) is 9.59 Å². The van der Waals surface area contributed by atoms with Gasteiger partial charge in [-0.15, -0.1) is 0 Å². The summed E-state index contributed by atoms with van der Waals surface area (Å²) >= 11 is 0. The molecule has 8 nitrogen and oxygen atoms in total. The number of aromatic nitrogens is 3. The summed E-state index contributed by atoms with van der Waals surface area (Å²) in [5.74, 6) is -1.98. The summed E-state index contributed by atoms with van der Waals surface area (Å²) in [7, 11) is 0. The minimum absolute atomic E-state index is 0.153. The Bertz CT molecular complexity index is 1230. The second-order valence-electron chi connectivity index (χ2n) is 8.37. The van der Waals surface area contributed by atoms with Crippen molar-refractivity contribution in [2.45, 2.75) is 44.9 Å². The van der Waals surface area contributed by atoms with Gasteiger partial charge in [-0.2, -0.15) is 13.2 Å². The van der Waals surface area contributed by atoms with Gasteiger partial charge in [-0.1, -0.05) is 6.07 Å². The maximum Gasteiger partial charge on any atom is 0.433 e. The van der Waals surface area contributed by atoms with E-state index in [0.717, 1.165) is 12.1 Å².